The minimum absolute atomic E-state index is 0.149. The molecule has 0 unspecified atom stereocenters. The molecule has 0 saturated heterocycles. The van der Waals surface area contributed by atoms with Crippen LogP contribution in [-0.4, -0.2) is 20.3 Å². The highest BCUT2D eigenvalue weighted by atomic mass is 16.3. The monoisotopic (exact) mass is 204 g/mol. The number of aryl methyl sites for hydroxylation is 1. The van der Waals surface area contributed by atoms with E-state index in [9.17, 15) is 5.11 Å². The molecule has 3 N–H and O–H groups in total. The summed E-state index contributed by atoms with van der Waals surface area (Å²) in [6.45, 7) is 2.05. The summed E-state index contributed by atoms with van der Waals surface area (Å²) >= 11 is 0. The van der Waals surface area contributed by atoms with E-state index in [0.717, 1.165) is 18.4 Å². The van der Waals surface area contributed by atoms with Crippen LogP contribution < -0.4 is 5.73 Å². The second kappa shape index (κ2) is 3.68. The van der Waals surface area contributed by atoms with E-state index in [1.54, 1.807) is 12.1 Å². The molecule has 1 aromatic carbocycles. The number of anilines is 1. The minimum Gasteiger partial charge on any atom is -0.508 e. The maximum Gasteiger partial charge on any atom is 0.240 e. The molecule has 0 aliphatic carbocycles. The number of hydrogen-bond donors (Lipinski definition) is 2. The van der Waals surface area contributed by atoms with E-state index in [-0.39, 0.29) is 11.7 Å². The van der Waals surface area contributed by atoms with Crippen LogP contribution in [0.2, 0.25) is 0 Å². The number of hydrogen-bond acceptors (Lipinski definition) is 5. The quantitative estimate of drug-likeness (QED) is 0.769. The molecule has 0 fully saturated rings. The summed E-state index contributed by atoms with van der Waals surface area (Å²) in [4.78, 5) is 4.05. The van der Waals surface area contributed by atoms with Crippen molar-refractivity contribution < 1.29 is 5.11 Å². The van der Waals surface area contributed by atoms with Crippen LogP contribution in [0.4, 0.5) is 5.95 Å². The lowest BCUT2D eigenvalue weighted by Crippen LogP contribution is -1.98. The van der Waals surface area contributed by atoms with Gasteiger partial charge in [-0.3, -0.25) is 0 Å². The number of phenols is 1. The summed E-state index contributed by atoms with van der Waals surface area (Å²) in [5.41, 5.74) is 7.53. The molecule has 0 aliphatic heterocycles. The number of phenolic OH excluding ortho intramolecular Hbond substituents is 1. The lowest BCUT2D eigenvalue weighted by atomic mass is 10.1. The average molecular weight is 204 g/mol. The number of aromatic nitrogens is 3. The number of aromatic hydroxyl groups is 1. The molecule has 0 amide bonds. The first-order valence-electron chi connectivity index (χ1n) is 4.82. The van der Waals surface area contributed by atoms with Crippen LogP contribution in [0, 0.1) is 0 Å². The maximum atomic E-state index is 9.68. The molecule has 0 aliphatic rings. The molecule has 0 spiro atoms. The Bertz CT molecular complexity index is 498. The third-order valence-electron chi connectivity index (χ3n) is 2.19. The molecule has 5 nitrogen and oxygen atoms in total. The van der Waals surface area contributed by atoms with E-state index in [1.165, 1.54) is 0 Å². The van der Waals surface area contributed by atoms with Crippen LogP contribution in [0.15, 0.2) is 12.1 Å². The van der Waals surface area contributed by atoms with Gasteiger partial charge in [0.25, 0.3) is 0 Å². The van der Waals surface area contributed by atoms with E-state index < -0.39 is 0 Å². The van der Waals surface area contributed by atoms with Gasteiger partial charge in [-0.05, 0) is 18.1 Å². The summed E-state index contributed by atoms with van der Waals surface area (Å²) in [6, 6.07) is 3.37. The lowest BCUT2D eigenvalue weighted by Gasteiger charge is -2.04. The number of nitrogens with two attached hydrogens (primary N) is 1. The number of benzene rings is 1. The standard InChI is InChI=1S/C10H12N4O/c1-2-3-6-4-7-8(5-9(6)15)13-14-10(11)12-7/h4-5,15H,2-3H2,1H3,(H2,11,12,14). The average Bonchev–Trinajstić information content (AvgIpc) is 2.20. The number of rotatable bonds is 2. The van der Waals surface area contributed by atoms with Crippen LogP contribution in [0.5, 0.6) is 5.75 Å². The summed E-state index contributed by atoms with van der Waals surface area (Å²) in [7, 11) is 0. The minimum atomic E-state index is 0.149. The molecule has 1 heterocycles. The summed E-state index contributed by atoms with van der Waals surface area (Å²) in [5.74, 6) is 0.390. The number of nitrogens with zero attached hydrogens (tertiary/aromatic N) is 3. The summed E-state index contributed by atoms with van der Waals surface area (Å²) in [5, 5.41) is 17.2. The van der Waals surface area contributed by atoms with Crippen molar-refractivity contribution in [3.63, 3.8) is 0 Å². The van der Waals surface area contributed by atoms with Crippen molar-refractivity contribution in [2.45, 2.75) is 19.8 Å². The fourth-order valence-corrected chi connectivity index (χ4v) is 1.50. The van der Waals surface area contributed by atoms with Crippen LogP contribution in [-0.2, 0) is 6.42 Å². The van der Waals surface area contributed by atoms with Crippen molar-refractivity contribution in [1.29, 1.82) is 0 Å². The second-order valence-corrected chi connectivity index (χ2v) is 3.39. The molecule has 0 saturated carbocycles. The first-order valence-corrected chi connectivity index (χ1v) is 4.82. The van der Waals surface area contributed by atoms with Gasteiger partial charge in [0.15, 0.2) is 0 Å². The van der Waals surface area contributed by atoms with Crippen molar-refractivity contribution in [3.8, 4) is 5.75 Å². The van der Waals surface area contributed by atoms with Gasteiger partial charge < -0.3 is 10.8 Å². The molecule has 0 bridgehead atoms. The van der Waals surface area contributed by atoms with Crippen LogP contribution in [0.25, 0.3) is 11.0 Å². The summed E-state index contributed by atoms with van der Waals surface area (Å²) < 4.78 is 0. The van der Waals surface area contributed by atoms with Crippen molar-refractivity contribution in [2.24, 2.45) is 0 Å². The Balaban J connectivity index is 2.61. The molecule has 15 heavy (non-hydrogen) atoms. The largest absolute Gasteiger partial charge is 0.508 e. The number of nitrogen functional groups attached to an aromatic ring is 1. The van der Waals surface area contributed by atoms with Gasteiger partial charge in [0, 0.05) is 6.07 Å². The highest BCUT2D eigenvalue weighted by Crippen LogP contribution is 2.23. The van der Waals surface area contributed by atoms with Crippen LogP contribution >= 0.6 is 0 Å². The Morgan fingerprint density at radius 1 is 1.27 bits per heavy atom. The fourth-order valence-electron chi connectivity index (χ4n) is 1.50. The predicted octanol–water partition coefficient (Wildman–Crippen LogP) is 1.27. The number of fused-ring (bicyclic) bond motifs is 1. The van der Waals surface area contributed by atoms with E-state index >= 15 is 0 Å². The molecular formula is C10H12N4O. The van der Waals surface area contributed by atoms with Gasteiger partial charge >= 0.3 is 0 Å². The smallest absolute Gasteiger partial charge is 0.240 e. The first-order chi connectivity index (χ1) is 7.20. The Hall–Kier alpha value is -1.91. The Morgan fingerprint density at radius 3 is 2.80 bits per heavy atom. The molecule has 5 heteroatoms. The van der Waals surface area contributed by atoms with Crippen molar-refractivity contribution in [3.05, 3.63) is 17.7 Å². The Labute approximate surface area is 87.0 Å². The third-order valence-corrected chi connectivity index (χ3v) is 2.19. The molecule has 2 rings (SSSR count). The molecule has 0 atom stereocenters. The van der Waals surface area contributed by atoms with Gasteiger partial charge in [0.2, 0.25) is 5.95 Å². The van der Waals surface area contributed by atoms with Crippen molar-refractivity contribution in [1.82, 2.24) is 15.2 Å². The zero-order valence-electron chi connectivity index (χ0n) is 8.44. The van der Waals surface area contributed by atoms with Gasteiger partial charge in [-0.25, -0.2) is 4.98 Å². The molecule has 0 radical (unpaired) electrons. The van der Waals surface area contributed by atoms with Crippen molar-refractivity contribution in [2.75, 3.05) is 5.73 Å². The Morgan fingerprint density at radius 2 is 2.07 bits per heavy atom. The maximum absolute atomic E-state index is 9.68. The zero-order chi connectivity index (χ0) is 10.8. The zero-order valence-corrected chi connectivity index (χ0v) is 8.44. The van der Waals surface area contributed by atoms with E-state index in [0.29, 0.717) is 11.0 Å². The lowest BCUT2D eigenvalue weighted by molar-refractivity contribution is 0.468. The Kier molecular flexibility index (Phi) is 2.37. The normalized spacial score (nSPS) is 10.7. The molecule has 78 valence electrons. The van der Waals surface area contributed by atoms with Crippen LogP contribution in [0.3, 0.4) is 0 Å². The molecule has 2 aromatic rings. The first kappa shape index (κ1) is 9.64. The summed E-state index contributed by atoms with van der Waals surface area (Å²) in [6.07, 6.45) is 1.78. The van der Waals surface area contributed by atoms with Gasteiger partial charge in [-0.15, -0.1) is 10.2 Å². The van der Waals surface area contributed by atoms with Crippen LogP contribution in [0.1, 0.15) is 18.9 Å². The highest BCUT2D eigenvalue weighted by molar-refractivity contribution is 5.77. The second-order valence-electron chi connectivity index (χ2n) is 3.39. The van der Waals surface area contributed by atoms with E-state index in [2.05, 4.69) is 22.1 Å². The molecular weight excluding hydrogens is 192 g/mol. The topological polar surface area (TPSA) is 84.9 Å². The predicted molar refractivity (Wildman–Crippen MR) is 57.4 cm³/mol. The van der Waals surface area contributed by atoms with Gasteiger partial charge in [-0.2, -0.15) is 0 Å². The fraction of sp³-hybridized carbons (Fsp3) is 0.300. The third kappa shape index (κ3) is 1.81. The molecule has 1 aromatic heterocycles. The van der Waals surface area contributed by atoms with Gasteiger partial charge in [0.05, 0.1) is 5.52 Å². The van der Waals surface area contributed by atoms with E-state index in [1.807, 2.05) is 0 Å². The van der Waals surface area contributed by atoms with Gasteiger partial charge in [0.1, 0.15) is 11.3 Å². The SMILES string of the molecule is CCCc1cc2nc(N)nnc2cc1O. The van der Waals surface area contributed by atoms with Gasteiger partial charge in [-0.1, -0.05) is 13.3 Å². The van der Waals surface area contributed by atoms with E-state index in [4.69, 9.17) is 5.73 Å². The highest BCUT2D eigenvalue weighted by Gasteiger charge is 2.05. The van der Waals surface area contributed by atoms with Crippen molar-refractivity contribution >= 4 is 17.0 Å².